The van der Waals surface area contributed by atoms with Crippen LogP contribution in [0.1, 0.15) is 47.7 Å². The Morgan fingerprint density at radius 3 is 2.81 bits per heavy atom. The van der Waals surface area contributed by atoms with Crippen molar-refractivity contribution < 1.29 is 4.79 Å². The molecular formula is C13H15N5OS2. The third-order valence-electron chi connectivity index (χ3n) is 3.69. The van der Waals surface area contributed by atoms with Crippen LogP contribution in [0.25, 0.3) is 0 Å². The van der Waals surface area contributed by atoms with E-state index in [1.54, 1.807) is 17.5 Å². The number of thiazole rings is 1. The van der Waals surface area contributed by atoms with Crippen LogP contribution in [-0.4, -0.2) is 21.2 Å². The van der Waals surface area contributed by atoms with Crippen molar-refractivity contribution in [3.63, 3.8) is 0 Å². The molecule has 0 aliphatic heterocycles. The number of carbonyl (C=O) groups is 1. The summed E-state index contributed by atoms with van der Waals surface area (Å²) in [6.45, 7) is 0. The van der Waals surface area contributed by atoms with Crippen LogP contribution in [0.15, 0.2) is 11.6 Å². The minimum absolute atomic E-state index is 0.0147. The second-order valence-corrected chi connectivity index (χ2v) is 7.44. The van der Waals surface area contributed by atoms with Crippen molar-refractivity contribution in [2.45, 2.75) is 37.6 Å². The van der Waals surface area contributed by atoms with Gasteiger partial charge in [-0.1, -0.05) is 11.3 Å². The summed E-state index contributed by atoms with van der Waals surface area (Å²) in [5.41, 5.74) is 0. The van der Waals surface area contributed by atoms with Gasteiger partial charge in [0.2, 0.25) is 5.13 Å². The van der Waals surface area contributed by atoms with Gasteiger partial charge in [-0.25, -0.2) is 9.78 Å². The summed E-state index contributed by atoms with van der Waals surface area (Å²) in [6.07, 6.45) is 6.45. The zero-order chi connectivity index (χ0) is 14.2. The fraction of sp³-hybridized carbons (Fsp3) is 0.538. The van der Waals surface area contributed by atoms with Crippen LogP contribution in [0.2, 0.25) is 0 Å². The summed E-state index contributed by atoms with van der Waals surface area (Å²) >= 11 is 3.06. The fourth-order valence-electron chi connectivity index (χ4n) is 2.25. The molecule has 2 heterocycles. The minimum atomic E-state index is -0.222. The predicted octanol–water partition coefficient (Wildman–Crippen LogP) is 3.14. The minimum Gasteiger partial charge on any atom is -0.328 e. The quantitative estimate of drug-likeness (QED) is 0.886. The van der Waals surface area contributed by atoms with Crippen molar-refractivity contribution in [3.05, 3.63) is 21.6 Å². The van der Waals surface area contributed by atoms with Crippen LogP contribution in [-0.2, 0) is 0 Å². The smallest absolute Gasteiger partial charge is 0.321 e. The molecule has 6 nitrogen and oxygen atoms in total. The van der Waals surface area contributed by atoms with Crippen LogP contribution in [0.4, 0.5) is 9.93 Å². The number of carbonyl (C=O) groups excluding carboxylic acids is 1. The van der Waals surface area contributed by atoms with Gasteiger partial charge in [0, 0.05) is 17.5 Å². The van der Waals surface area contributed by atoms with Gasteiger partial charge in [0.1, 0.15) is 10.0 Å². The number of hydrogen-bond donors (Lipinski definition) is 2. The van der Waals surface area contributed by atoms with Crippen LogP contribution in [0, 0.1) is 5.92 Å². The number of hydrogen-bond acceptors (Lipinski definition) is 6. The average Bonchev–Trinajstić information content (AvgIpc) is 3.39. The summed E-state index contributed by atoms with van der Waals surface area (Å²) in [4.78, 5) is 16.5. The van der Waals surface area contributed by atoms with E-state index in [4.69, 9.17) is 0 Å². The van der Waals surface area contributed by atoms with E-state index in [-0.39, 0.29) is 12.1 Å². The maximum absolute atomic E-state index is 12.1. The zero-order valence-corrected chi connectivity index (χ0v) is 12.9. The second-order valence-electron chi connectivity index (χ2n) is 5.50. The lowest BCUT2D eigenvalue weighted by atomic mass is 10.2. The molecule has 2 amide bonds. The molecule has 4 rings (SSSR count). The number of anilines is 1. The number of amides is 2. The highest BCUT2D eigenvalue weighted by atomic mass is 32.1. The van der Waals surface area contributed by atoms with Crippen molar-refractivity contribution in [2.75, 3.05) is 5.32 Å². The largest absolute Gasteiger partial charge is 0.328 e. The number of urea groups is 1. The molecule has 2 aromatic heterocycles. The van der Waals surface area contributed by atoms with Crippen molar-refractivity contribution in [1.82, 2.24) is 20.5 Å². The van der Waals surface area contributed by atoms with Crippen molar-refractivity contribution in [1.29, 1.82) is 0 Å². The van der Waals surface area contributed by atoms with Gasteiger partial charge in [0.25, 0.3) is 0 Å². The topological polar surface area (TPSA) is 79.8 Å². The predicted molar refractivity (Wildman–Crippen MR) is 81.6 cm³/mol. The van der Waals surface area contributed by atoms with E-state index in [2.05, 4.69) is 25.8 Å². The molecule has 8 heteroatoms. The second kappa shape index (κ2) is 5.34. The standard InChI is InChI=1S/C13H15N5OS2/c19-12(16-13-18-17-10(21-13)8-3-4-8)15-9(7-1-2-7)11-14-5-6-20-11/h5-9H,1-4H2,(H2,15,16,18,19)/t9-/m0/s1. The van der Waals surface area contributed by atoms with E-state index in [9.17, 15) is 4.79 Å². The molecule has 2 aromatic rings. The van der Waals surface area contributed by atoms with Gasteiger partial charge in [-0.3, -0.25) is 5.32 Å². The number of aromatic nitrogens is 3. The van der Waals surface area contributed by atoms with Crippen LogP contribution in [0.3, 0.4) is 0 Å². The highest BCUT2D eigenvalue weighted by Gasteiger charge is 2.35. The van der Waals surface area contributed by atoms with E-state index < -0.39 is 0 Å². The Kier molecular flexibility index (Phi) is 3.34. The molecule has 2 aliphatic rings. The molecule has 0 unspecified atom stereocenters. The van der Waals surface area contributed by atoms with Gasteiger partial charge in [-0.2, -0.15) is 0 Å². The van der Waals surface area contributed by atoms with Crippen molar-refractivity contribution >= 4 is 33.8 Å². The molecule has 2 N–H and O–H groups in total. The zero-order valence-electron chi connectivity index (χ0n) is 11.3. The lowest BCUT2D eigenvalue weighted by Gasteiger charge is -2.15. The first kappa shape index (κ1) is 13.1. The number of nitrogens with zero attached hydrogens (tertiary/aromatic N) is 3. The SMILES string of the molecule is O=C(Nc1nnc(C2CC2)s1)N[C@H](c1nccs1)C1CC1. The van der Waals surface area contributed by atoms with Gasteiger partial charge in [0.15, 0.2) is 0 Å². The molecule has 0 bridgehead atoms. The monoisotopic (exact) mass is 321 g/mol. The first-order valence-electron chi connectivity index (χ1n) is 7.10. The number of rotatable bonds is 5. The Morgan fingerprint density at radius 2 is 2.14 bits per heavy atom. The molecule has 110 valence electrons. The van der Waals surface area contributed by atoms with Gasteiger partial charge < -0.3 is 5.32 Å². The first-order chi connectivity index (χ1) is 10.3. The lowest BCUT2D eigenvalue weighted by Crippen LogP contribution is -2.33. The van der Waals surface area contributed by atoms with E-state index in [1.165, 1.54) is 24.2 Å². The molecular weight excluding hydrogens is 306 g/mol. The molecule has 1 atom stereocenters. The maximum Gasteiger partial charge on any atom is 0.321 e. The third-order valence-corrected chi connectivity index (χ3v) is 5.54. The molecule has 0 saturated heterocycles. The van der Waals surface area contributed by atoms with Crippen LogP contribution >= 0.6 is 22.7 Å². The molecule has 2 aliphatic carbocycles. The van der Waals surface area contributed by atoms with Gasteiger partial charge in [0.05, 0.1) is 6.04 Å². The third kappa shape index (κ3) is 3.06. The summed E-state index contributed by atoms with van der Waals surface area (Å²) in [7, 11) is 0. The molecule has 0 spiro atoms. The van der Waals surface area contributed by atoms with E-state index in [0.717, 1.165) is 22.9 Å². The van der Waals surface area contributed by atoms with Crippen molar-refractivity contribution in [2.24, 2.45) is 5.92 Å². The highest BCUT2D eigenvalue weighted by molar-refractivity contribution is 7.15. The normalized spacial score (nSPS) is 19.2. The van der Waals surface area contributed by atoms with E-state index in [0.29, 0.717) is 17.0 Å². The summed E-state index contributed by atoms with van der Waals surface area (Å²) < 4.78 is 0. The summed E-state index contributed by atoms with van der Waals surface area (Å²) in [5.74, 6) is 1.08. The Hall–Kier alpha value is -1.54. The van der Waals surface area contributed by atoms with Gasteiger partial charge in [-0.05, 0) is 31.6 Å². The Balaban J connectivity index is 1.39. The Morgan fingerprint density at radius 1 is 1.29 bits per heavy atom. The lowest BCUT2D eigenvalue weighted by molar-refractivity contribution is 0.247. The van der Waals surface area contributed by atoms with Gasteiger partial charge >= 0.3 is 6.03 Å². The molecule has 21 heavy (non-hydrogen) atoms. The van der Waals surface area contributed by atoms with Gasteiger partial charge in [-0.15, -0.1) is 21.5 Å². The van der Waals surface area contributed by atoms with Crippen LogP contribution < -0.4 is 10.6 Å². The van der Waals surface area contributed by atoms with Crippen LogP contribution in [0.5, 0.6) is 0 Å². The first-order valence-corrected chi connectivity index (χ1v) is 8.79. The highest BCUT2D eigenvalue weighted by Crippen LogP contribution is 2.43. The molecule has 2 saturated carbocycles. The fourth-order valence-corrected chi connectivity index (χ4v) is 3.94. The van der Waals surface area contributed by atoms with E-state index >= 15 is 0 Å². The maximum atomic E-state index is 12.1. The number of nitrogens with one attached hydrogen (secondary N) is 2. The molecule has 0 aromatic carbocycles. The molecule has 0 radical (unpaired) electrons. The summed E-state index contributed by atoms with van der Waals surface area (Å²) in [5, 5.41) is 18.5. The average molecular weight is 321 g/mol. The Bertz CT molecular complexity index is 633. The van der Waals surface area contributed by atoms with E-state index in [1.807, 2.05) is 5.38 Å². The Labute approximate surface area is 130 Å². The molecule has 2 fully saturated rings. The van der Waals surface area contributed by atoms with Crippen molar-refractivity contribution in [3.8, 4) is 0 Å². The summed E-state index contributed by atoms with van der Waals surface area (Å²) in [6, 6.07) is -0.207.